The first-order valence-corrected chi connectivity index (χ1v) is 6.00. The Labute approximate surface area is 117 Å². The van der Waals surface area contributed by atoms with E-state index in [1.165, 1.54) is 12.2 Å². The summed E-state index contributed by atoms with van der Waals surface area (Å²) in [5, 5.41) is 13.4. The lowest BCUT2D eigenvalue weighted by Crippen LogP contribution is -2.36. The molecule has 0 bridgehead atoms. The molecule has 2 unspecified atom stereocenters. The monoisotopic (exact) mass is 300 g/mol. The largest absolute Gasteiger partial charge is 0.481 e. The Morgan fingerprint density at radius 1 is 1.14 bits per heavy atom. The van der Waals surface area contributed by atoms with Crippen LogP contribution >= 0.6 is 0 Å². The fourth-order valence-electron chi connectivity index (χ4n) is 1.95. The van der Waals surface area contributed by atoms with E-state index in [2.05, 4.69) is 10.6 Å². The molecule has 0 radical (unpaired) electrons. The molecule has 3 N–H and O–H groups in total. The van der Waals surface area contributed by atoms with Crippen molar-refractivity contribution in [3.8, 4) is 0 Å². The van der Waals surface area contributed by atoms with Crippen LogP contribution in [0.25, 0.3) is 0 Å². The second-order valence-electron chi connectivity index (χ2n) is 4.52. The van der Waals surface area contributed by atoms with Crippen LogP contribution in [0, 0.1) is 23.4 Å². The van der Waals surface area contributed by atoms with Crippen LogP contribution in [0.5, 0.6) is 0 Å². The lowest BCUT2D eigenvalue weighted by molar-refractivity contribution is -0.140. The summed E-state index contributed by atoms with van der Waals surface area (Å²) in [7, 11) is 0. The van der Waals surface area contributed by atoms with Crippen molar-refractivity contribution in [1.29, 1.82) is 0 Å². The molecule has 0 aliphatic heterocycles. The van der Waals surface area contributed by atoms with Gasteiger partial charge in [0.1, 0.15) is 0 Å². The van der Waals surface area contributed by atoms with E-state index >= 15 is 0 Å². The predicted molar refractivity (Wildman–Crippen MR) is 67.1 cm³/mol. The number of aliphatic carboxylic acids is 1. The maximum Gasteiger partial charge on any atom is 0.319 e. The van der Waals surface area contributed by atoms with Gasteiger partial charge in [0.25, 0.3) is 0 Å². The van der Waals surface area contributed by atoms with Crippen molar-refractivity contribution in [3.63, 3.8) is 0 Å². The molecule has 112 valence electrons. The van der Waals surface area contributed by atoms with E-state index < -0.39 is 41.4 Å². The highest BCUT2D eigenvalue weighted by atomic mass is 19.2. The number of amides is 2. The van der Waals surface area contributed by atoms with Crippen LogP contribution in [-0.2, 0) is 4.79 Å². The van der Waals surface area contributed by atoms with Gasteiger partial charge < -0.3 is 15.7 Å². The summed E-state index contributed by atoms with van der Waals surface area (Å²) in [5.74, 6) is -6.15. The first kappa shape index (κ1) is 14.9. The zero-order chi connectivity index (χ0) is 15.6. The quantitative estimate of drug-likeness (QED) is 0.592. The van der Waals surface area contributed by atoms with Gasteiger partial charge in [0, 0.05) is 17.8 Å². The van der Waals surface area contributed by atoms with Crippen LogP contribution in [0.4, 0.5) is 23.7 Å². The van der Waals surface area contributed by atoms with Gasteiger partial charge in [-0.15, -0.1) is 0 Å². The lowest BCUT2D eigenvalue weighted by Gasteiger charge is -2.13. The van der Waals surface area contributed by atoms with Crippen molar-refractivity contribution in [2.45, 2.75) is 12.5 Å². The number of carbonyl (C=O) groups excluding carboxylic acids is 1. The van der Waals surface area contributed by atoms with Gasteiger partial charge in [0.05, 0.1) is 12.0 Å². The Kier molecular flexibility index (Phi) is 4.15. The molecular weight excluding hydrogens is 289 g/mol. The van der Waals surface area contributed by atoms with Crippen molar-refractivity contribution in [2.24, 2.45) is 5.92 Å². The zero-order valence-corrected chi connectivity index (χ0v) is 10.6. The van der Waals surface area contributed by atoms with E-state index in [4.69, 9.17) is 5.11 Å². The van der Waals surface area contributed by atoms with E-state index in [-0.39, 0.29) is 12.1 Å². The maximum atomic E-state index is 13.0. The molecule has 0 spiro atoms. The number of carboxylic acid groups (broad SMARTS) is 1. The third kappa shape index (κ3) is 3.53. The minimum atomic E-state index is -1.62. The number of carboxylic acids is 1. The molecule has 2 rings (SSSR count). The van der Waals surface area contributed by atoms with Gasteiger partial charge in [-0.25, -0.2) is 18.0 Å². The molecule has 2 atom stereocenters. The van der Waals surface area contributed by atoms with Gasteiger partial charge in [-0.2, -0.15) is 0 Å². The Morgan fingerprint density at radius 2 is 1.76 bits per heavy atom. The number of rotatable bonds is 3. The van der Waals surface area contributed by atoms with Crippen LogP contribution < -0.4 is 10.6 Å². The summed E-state index contributed by atoms with van der Waals surface area (Å²) >= 11 is 0. The SMILES string of the molecule is O=C(Nc1cc(F)c(F)c(F)c1)NC1C=CC(C(=O)O)C1. The fourth-order valence-corrected chi connectivity index (χ4v) is 1.95. The molecule has 0 aromatic heterocycles. The first-order valence-electron chi connectivity index (χ1n) is 6.00. The van der Waals surface area contributed by atoms with Crippen molar-refractivity contribution in [2.75, 3.05) is 5.32 Å². The molecule has 0 heterocycles. The number of anilines is 1. The number of hydrogen-bond acceptors (Lipinski definition) is 2. The molecule has 0 fully saturated rings. The molecular formula is C13H11F3N2O3. The highest BCUT2D eigenvalue weighted by molar-refractivity contribution is 5.89. The average Bonchev–Trinajstić information content (AvgIpc) is 2.84. The topological polar surface area (TPSA) is 78.4 Å². The van der Waals surface area contributed by atoms with Crippen molar-refractivity contribution >= 4 is 17.7 Å². The van der Waals surface area contributed by atoms with Gasteiger partial charge in [-0.1, -0.05) is 12.2 Å². The summed E-state index contributed by atoms with van der Waals surface area (Å²) < 4.78 is 38.7. The van der Waals surface area contributed by atoms with Crippen LogP contribution in [0.15, 0.2) is 24.3 Å². The highest BCUT2D eigenvalue weighted by Crippen LogP contribution is 2.19. The summed E-state index contributed by atoms with van der Waals surface area (Å²) in [6, 6.07) is 0.00719. The number of hydrogen-bond donors (Lipinski definition) is 3. The molecule has 1 aliphatic carbocycles. The molecule has 2 amide bonds. The Morgan fingerprint density at radius 3 is 2.29 bits per heavy atom. The molecule has 21 heavy (non-hydrogen) atoms. The van der Waals surface area contributed by atoms with Crippen LogP contribution in [0.2, 0.25) is 0 Å². The molecule has 1 aromatic rings. The summed E-state index contributed by atoms with van der Waals surface area (Å²) in [6.07, 6.45) is 3.16. The van der Waals surface area contributed by atoms with E-state index in [0.29, 0.717) is 12.1 Å². The molecule has 1 aliphatic rings. The third-order valence-corrected chi connectivity index (χ3v) is 2.96. The van der Waals surface area contributed by atoms with Crippen LogP contribution in [-0.4, -0.2) is 23.1 Å². The Bertz CT molecular complexity index is 596. The zero-order valence-electron chi connectivity index (χ0n) is 10.6. The van der Waals surface area contributed by atoms with Gasteiger partial charge >= 0.3 is 12.0 Å². The van der Waals surface area contributed by atoms with Crippen LogP contribution in [0.3, 0.4) is 0 Å². The number of benzene rings is 1. The second kappa shape index (κ2) is 5.86. The molecule has 0 saturated carbocycles. The van der Waals surface area contributed by atoms with E-state index in [9.17, 15) is 22.8 Å². The number of urea groups is 1. The minimum absolute atomic E-state index is 0.189. The Hall–Kier alpha value is -2.51. The minimum Gasteiger partial charge on any atom is -0.481 e. The van der Waals surface area contributed by atoms with E-state index in [0.717, 1.165) is 0 Å². The number of nitrogens with one attached hydrogen (secondary N) is 2. The lowest BCUT2D eigenvalue weighted by atomic mass is 10.1. The van der Waals surface area contributed by atoms with Gasteiger partial charge in [0.2, 0.25) is 0 Å². The summed E-state index contributed by atoms with van der Waals surface area (Å²) in [4.78, 5) is 22.3. The molecule has 1 aromatic carbocycles. The average molecular weight is 300 g/mol. The van der Waals surface area contributed by atoms with Crippen molar-refractivity contribution in [3.05, 3.63) is 41.7 Å². The molecule has 8 heteroatoms. The maximum absolute atomic E-state index is 13.0. The van der Waals surface area contributed by atoms with Crippen molar-refractivity contribution in [1.82, 2.24) is 5.32 Å². The fraction of sp³-hybridized carbons (Fsp3) is 0.231. The van der Waals surface area contributed by atoms with Gasteiger partial charge in [0.15, 0.2) is 17.5 Å². The normalized spacial score (nSPS) is 20.3. The third-order valence-electron chi connectivity index (χ3n) is 2.96. The number of carbonyl (C=O) groups is 2. The Balaban J connectivity index is 1.94. The highest BCUT2D eigenvalue weighted by Gasteiger charge is 2.25. The predicted octanol–water partition coefficient (Wildman–Crippen LogP) is 2.25. The van der Waals surface area contributed by atoms with Crippen molar-refractivity contribution < 1.29 is 27.9 Å². The molecule has 5 nitrogen and oxygen atoms in total. The molecule has 0 saturated heterocycles. The van der Waals surface area contributed by atoms with E-state index in [1.807, 2.05) is 0 Å². The van der Waals surface area contributed by atoms with Crippen LogP contribution in [0.1, 0.15) is 6.42 Å². The van der Waals surface area contributed by atoms with E-state index in [1.54, 1.807) is 0 Å². The summed E-state index contributed by atoms with van der Waals surface area (Å²) in [5.41, 5.74) is -0.249. The van der Waals surface area contributed by atoms with Gasteiger partial charge in [-0.05, 0) is 6.42 Å². The van der Waals surface area contributed by atoms with Gasteiger partial charge in [-0.3, -0.25) is 4.79 Å². The second-order valence-corrected chi connectivity index (χ2v) is 4.52. The standard InChI is InChI=1S/C13H11F3N2O3/c14-9-4-8(5-10(15)11(9)16)18-13(21)17-7-2-1-6(3-7)12(19)20/h1-2,4-7H,3H2,(H,19,20)(H2,17,18,21). The first-order chi connectivity index (χ1) is 9.86. The smallest absolute Gasteiger partial charge is 0.319 e. The summed E-state index contributed by atoms with van der Waals surface area (Å²) in [6.45, 7) is 0. The number of halogens is 3.